The predicted octanol–water partition coefficient (Wildman–Crippen LogP) is 3.07. The molecule has 1 atom stereocenters. The molecule has 1 heterocycles. The zero-order chi connectivity index (χ0) is 12.4. The number of carbonyl (C=O) groups excluding carboxylic acids is 1. The summed E-state index contributed by atoms with van der Waals surface area (Å²) in [4.78, 5) is 12.1. The third-order valence-corrected chi connectivity index (χ3v) is 3.03. The van der Waals surface area contributed by atoms with Gasteiger partial charge in [-0.05, 0) is 53.8 Å². The highest BCUT2D eigenvalue weighted by Crippen LogP contribution is 2.15. The van der Waals surface area contributed by atoms with Crippen LogP contribution in [-0.2, 0) is 0 Å². The van der Waals surface area contributed by atoms with Crippen molar-refractivity contribution in [3.8, 4) is 0 Å². The molecule has 0 saturated heterocycles. The first kappa shape index (κ1) is 12.2. The second-order valence-electron chi connectivity index (χ2n) is 3.69. The number of rotatable bonds is 3. The summed E-state index contributed by atoms with van der Waals surface area (Å²) in [5.41, 5.74) is 0.490. The molecule has 88 valence electrons. The first-order valence-electron chi connectivity index (χ1n) is 5.07. The zero-order valence-electron chi connectivity index (χ0n) is 9.10. The van der Waals surface area contributed by atoms with Crippen LogP contribution in [0, 0.1) is 9.39 Å². The van der Waals surface area contributed by atoms with Crippen molar-refractivity contribution in [3.05, 3.63) is 51.6 Å². The van der Waals surface area contributed by atoms with Gasteiger partial charge in [-0.2, -0.15) is 5.10 Å². The smallest absolute Gasteiger partial charge is 0.187 e. The Morgan fingerprint density at radius 3 is 2.59 bits per heavy atom. The van der Waals surface area contributed by atoms with E-state index in [9.17, 15) is 9.18 Å². The fraction of sp³-hybridized carbons (Fsp3) is 0.167. The van der Waals surface area contributed by atoms with Gasteiger partial charge < -0.3 is 0 Å². The van der Waals surface area contributed by atoms with E-state index in [1.165, 1.54) is 24.3 Å². The minimum atomic E-state index is -0.385. The standard InChI is InChI=1S/C12H10FIN2O/c1-8(16-7-11(14)6-15-16)12(17)9-2-4-10(13)5-3-9/h2-8H,1H3. The molecule has 17 heavy (non-hydrogen) atoms. The van der Waals surface area contributed by atoms with E-state index >= 15 is 0 Å². The molecule has 0 saturated carbocycles. The molecule has 0 fully saturated rings. The molecular formula is C12H10FIN2O. The summed E-state index contributed by atoms with van der Waals surface area (Å²) in [6, 6.07) is 5.16. The lowest BCUT2D eigenvalue weighted by Crippen LogP contribution is -2.17. The molecular weight excluding hydrogens is 334 g/mol. The van der Waals surface area contributed by atoms with Gasteiger partial charge in [-0.15, -0.1) is 0 Å². The Morgan fingerprint density at radius 1 is 1.41 bits per heavy atom. The lowest BCUT2D eigenvalue weighted by Gasteiger charge is -2.10. The van der Waals surface area contributed by atoms with Gasteiger partial charge in [0.25, 0.3) is 0 Å². The molecule has 0 aliphatic rings. The van der Waals surface area contributed by atoms with E-state index in [1.54, 1.807) is 24.0 Å². The second-order valence-corrected chi connectivity index (χ2v) is 4.93. The van der Waals surface area contributed by atoms with Crippen LogP contribution in [0.4, 0.5) is 4.39 Å². The quantitative estimate of drug-likeness (QED) is 0.634. The van der Waals surface area contributed by atoms with Gasteiger partial charge in [0.05, 0.1) is 9.77 Å². The molecule has 0 aliphatic heterocycles. The van der Waals surface area contributed by atoms with E-state index < -0.39 is 0 Å². The summed E-state index contributed by atoms with van der Waals surface area (Å²) in [5.74, 6) is -0.424. The summed E-state index contributed by atoms with van der Waals surface area (Å²) in [7, 11) is 0. The molecule has 0 amide bonds. The number of halogens is 2. The molecule has 0 bridgehead atoms. The molecule has 2 aromatic rings. The number of Topliss-reactive ketones (excluding diaryl/α,β-unsaturated/α-hetero) is 1. The second kappa shape index (κ2) is 4.95. The molecule has 1 unspecified atom stereocenters. The summed E-state index contributed by atoms with van der Waals surface area (Å²) in [6.45, 7) is 1.77. The minimum Gasteiger partial charge on any atom is -0.292 e. The van der Waals surface area contributed by atoms with Gasteiger partial charge in [0.1, 0.15) is 11.9 Å². The SMILES string of the molecule is CC(C(=O)c1ccc(F)cc1)n1cc(I)cn1. The Balaban J connectivity index is 2.23. The highest BCUT2D eigenvalue weighted by molar-refractivity contribution is 14.1. The lowest BCUT2D eigenvalue weighted by atomic mass is 10.1. The van der Waals surface area contributed by atoms with Crippen molar-refractivity contribution >= 4 is 28.4 Å². The Labute approximate surface area is 112 Å². The number of aromatic nitrogens is 2. The Hall–Kier alpha value is -1.24. The first-order valence-corrected chi connectivity index (χ1v) is 6.15. The van der Waals surface area contributed by atoms with E-state index in [-0.39, 0.29) is 17.6 Å². The predicted molar refractivity (Wildman–Crippen MR) is 70.4 cm³/mol. The van der Waals surface area contributed by atoms with Crippen molar-refractivity contribution in [2.75, 3.05) is 0 Å². The van der Waals surface area contributed by atoms with E-state index in [2.05, 4.69) is 27.7 Å². The molecule has 5 heteroatoms. The van der Waals surface area contributed by atoms with Crippen LogP contribution in [-0.4, -0.2) is 15.6 Å². The van der Waals surface area contributed by atoms with Gasteiger partial charge in [0.15, 0.2) is 5.78 Å². The van der Waals surface area contributed by atoms with Crippen LogP contribution in [0.1, 0.15) is 23.3 Å². The van der Waals surface area contributed by atoms with Gasteiger partial charge >= 0.3 is 0 Å². The Bertz CT molecular complexity index is 536. The number of carbonyl (C=O) groups is 1. The largest absolute Gasteiger partial charge is 0.292 e. The third-order valence-electron chi connectivity index (χ3n) is 2.47. The maximum atomic E-state index is 12.7. The van der Waals surface area contributed by atoms with Gasteiger partial charge in [-0.3, -0.25) is 9.48 Å². The molecule has 3 nitrogen and oxygen atoms in total. The van der Waals surface area contributed by atoms with E-state index in [4.69, 9.17) is 0 Å². The monoisotopic (exact) mass is 344 g/mol. The Kier molecular flexibility index (Phi) is 3.56. The van der Waals surface area contributed by atoms with Crippen molar-refractivity contribution < 1.29 is 9.18 Å². The number of hydrogen-bond donors (Lipinski definition) is 0. The molecule has 1 aromatic carbocycles. The minimum absolute atomic E-state index is 0.0792. The zero-order valence-corrected chi connectivity index (χ0v) is 11.3. The Morgan fingerprint density at radius 2 is 2.06 bits per heavy atom. The van der Waals surface area contributed by atoms with Gasteiger partial charge in [-0.25, -0.2) is 4.39 Å². The van der Waals surface area contributed by atoms with Crippen LogP contribution >= 0.6 is 22.6 Å². The summed E-state index contributed by atoms with van der Waals surface area (Å²) < 4.78 is 15.3. The van der Waals surface area contributed by atoms with Gasteiger partial charge in [0.2, 0.25) is 0 Å². The first-order chi connectivity index (χ1) is 8.08. The van der Waals surface area contributed by atoms with Crippen LogP contribution in [0.5, 0.6) is 0 Å². The van der Waals surface area contributed by atoms with E-state index in [0.717, 1.165) is 3.57 Å². The van der Waals surface area contributed by atoms with E-state index in [0.29, 0.717) is 5.56 Å². The van der Waals surface area contributed by atoms with Crippen LogP contribution in [0.25, 0.3) is 0 Å². The fourth-order valence-corrected chi connectivity index (χ4v) is 1.91. The van der Waals surface area contributed by atoms with Crippen LogP contribution in [0.3, 0.4) is 0 Å². The average Bonchev–Trinajstić information content (AvgIpc) is 2.75. The van der Waals surface area contributed by atoms with Crippen LogP contribution in [0.2, 0.25) is 0 Å². The normalized spacial score (nSPS) is 12.4. The maximum Gasteiger partial charge on any atom is 0.187 e. The van der Waals surface area contributed by atoms with Crippen molar-refractivity contribution in [3.63, 3.8) is 0 Å². The van der Waals surface area contributed by atoms with Gasteiger partial charge in [-0.1, -0.05) is 0 Å². The number of nitrogens with zero attached hydrogens (tertiary/aromatic N) is 2. The summed E-state index contributed by atoms with van der Waals surface area (Å²) in [6.07, 6.45) is 3.49. The fourth-order valence-electron chi connectivity index (χ4n) is 1.50. The topological polar surface area (TPSA) is 34.9 Å². The van der Waals surface area contributed by atoms with Crippen LogP contribution in [0.15, 0.2) is 36.7 Å². The summed E-state index contributed by atoms with van der Waals surface area (Å²) in [5, 5.41) is 4.09. The molecule has 0 radical (unpaired) electrons. The van der Waals surface area contributed by atoms with Crippen molar-refractivity contribution in [2.24, 2.45) is 0 Å². The molecule has 2 rings (SSSR count). The molecule has 0 spiro atoms. The number of benzene rings is 1. The van der Waals surface area contributed by atoms with Crippen LogP contribution < -0.4 is 0 Å². The lowest BCUT2D eigenvalue weighted by molar-refractivity contribution is 0.0928. The molecule has 0 aliphatic carbocycles. The average molecular weight is 344 g/mol. The number of hydrogen-bond acceptors (Lipinski definition) is 2. The van der Waals surface area contributed by atoms with Crippen molar-refractivity contribution in [2.45, 2.75) is 13.0 Å². The molecule has 0 N–H and O–H groups in total. The highest BCUT2D eigenvalue weighted by Gasteiger charge is 2.17. The third kappa shape index (κ3) is 2.71. The van der Waals surface area contributed by atoms with Crippen molar-refractivity contribution in [1.29, 1.82) is 0 Å². The highest BCUT2D eigenvalue weighted by atomic mass is 127. The summed E-state index contributed by atoms with van der Waals surface area (Å²) >= 11 is 2.13. The van der Waals surface area contributed by atoms with E-state index in [1.807, 2.05) is 0 Å². The maximum absolute atomic E-state index is 12.7. The molecule has 1 aromatic heterocycles. The van der Waals surface area contributed by atoms with Crippen molar-refractivity contribution in [1.82, 2.24) is 9.78 Å². The number of ketones is 1. The van der Waals surface area contributed by atoms with Gasteiger partial charge in [0, 0.05) is 11.8 Å².